The number of ether oxygens (including phenoxy) is 2. The Kier molecular flexibility index (Phi) is 15.5. The number of carbonyl (C=O) groups is 4. The van der Waals surface area contributed by atoms with E-state index >= 15 is 8.78 Å². The van der Waals surface area contributed by atoms with Crippen LogP contribution in [0.1, 0.15) is 76.3 Å². The Balaban J connectivity index is 1.04. The lowest BCUT2D eigenvalue weighted by molar-refractivity contribution is -0.144. The number of β-amino-alcohol motifs (C(OH)–C–C–N with tert-alkyl or cyclic N) is 1. The van der Waals surface area contributed by atoms with Gasteiger partial charge in [-0.3, -0.25) is 29.1 Å². The zero-order valence-electron chi connectivity index (χ0n) is 38.8. The summed E-state index contributed by atoms with van der Waals surface area (Å²) in [6, 6.07) is 4.08. The van der Waals surface area contributed by atoms with Gasteiger partial charge in [0.1, 0.15) is 52.8 Å². The van der Waals surface area contributed by atoms with Crippen LogP contribution in [-0.2, 0) is 42.8 Å². The maximum Gasteiger partial charge on any atom is 0.420 e. The lowest BCUT2D eigenvalue weighted by Crippen LogP contribution is -2.58. The molecule has 0 saturated carbocycles. The predicted molar refractivity (Wildman–Crippen MR) is 235 cm³/mol. The number of nitrogens with zero attached hydrogens (tertiary/aromatic N) is 6. The summed E-state index contributed by atoms with van der Waals surface area (Å²) in [6.07, 6.45) is -7.29. The number of alkyl halides is 6. The summed E-state index contributed by atoms with van der Waals surface area (Å²) >= 11 is 0. The van der Waals surface area contributed by atoms with E-state index in [1.54, 1.807) is 20.8 Å². The third-order valence-electron chi connectivity index (χ3n) is 11.6. The molecule has 24 heteroatoms. The number of carbonyl (C=O) groups excluding carboxylic acids is 4. The van der Waals surface area contributed by atoms with Gasteiger partial charge in [0, 0.05) is 31.2 Å². The first-order valence-corrected chi connectivity index (χ1v) is 21.8. The number of anilines is 2. The minimum absolute atomic E-state index is 0.00851. The van der Waals surface area contributed by atoms with Crippen molar-refractivity contribution in [3.63, 3.8) is 0 Å². The standard InChI is InChI=1S/C47H48F8N8O8/c1-25-62(34-12-9-26(18-56)37(38(34)49)47(53,54)55)43(68)45(5,6)63(25)27-15-33(48)39(58-19-27)31-11-10-29(17-32(31)46(50,51)52)70-14-8-7-13-69-23-36(65)60-40(44(2,3)4)42(67)61-22-28(64)16-35(61)41(66)59-21-30-20-57-24-71-30/h9-12,15,17,19-20,24,28,35,40,64H,1,7-8,13-14,16,21-23H2,2-6H3,(H,59,66)(H,60,65)/t28-,35+,40-/m1/s1. The fourth-order valence-electron chi connectivity index (χ4n) is 8.15. The van der Waals surface area contributed by atoms with Crippen molar-refractivity contribution in [1.29, 1.82) is 5.26 Å². The van der Waals surface area contributed by atoms with Crippen molar-refractivity contribution in [2.45, 2.75) is 96.5 Å². The molecule has 0 aliphatic carbocycles. The summed E-state index contributed by atoms with van der Waals surface area (Å²) in [5, 5.41) is 24.8. The lowest BCUT2D eigenvalue weighted by Gasteiger charge is -2.35. The molecule has 4 heterocycles. The largest absolute Gasteiger partial charge is 0.494 e. The van der Waals surface area contributed by atoms with E-state index in [0.717, 1.165) is 35.4 Å². The second-order valence-corrected chi connectivity index (χ2v) is 18.2. The number of rotatable bonds is 16. The van der Waals surface area contributed by atoms with Gasteiger partial charge in [-0.05, 0) is 62.4 Å². The van der Waals surface area contributed by atoms with Gasteiger partial charge in [0.05, 0.1) is 60.2 Å². The van der Waals surface area contributed by atoms with Crippen molar-refractivity contribution in [3.05, 3.63) is 102 Å². The second kappa shape index (κ2) is 20.7. The molecule has 380 valence electrons. The molecule has 4 amide bonds. The molecular weight excluding hydrogens is 957 g/mol. The maximum atomic E-state index is 15.9. The number of benzene rings is 2. The topological polar surface area (TPSA) is 203 Å². The summed E-state index contributed by atoms with van der Waals surface area (Å²) in [7, 11) is 0. The van der Waals surface area contributed by atoms with E-state index in [2.05, 4.69) is 27.2 Å². The average Bonchev–Trinajstić information content (AvgIpc) is 3.99. The highest BCUT2D eigenvalue weighted by Crippen LogP contribution is 2.45. The number of aliphatic hydroxyl groups is 1. The number of aliphatic hydroxyl groups excluding tert-OH is 1. The van der Waals surface area contributed by atoms with Crippen molar-refractivity contribution >= 4 is 35.0 Å². The molecule has 0 radical (unpaired) electrons. The molecule has 4 aromatic rings. The number of hydrogen-bond acceptors (Lipinski definition) is 12. The van der Waals surface area contributed by atoms with E-state index in [0.29, 0.717) is 22.8 Å². The number of unbranched alkanes of at least 4 members (excludes halogenated alkanes) is 1. The summed E-state index contributed by atoms with van der Waals surface area (Å²) in [5.74, 6) is -6.29. The van der Waals surface area contributed by atoms with Crippen LogP contribution in [-0.4, -0.2) is 93.7 Å². The minimum atomic E-state index is -5.33. The van der Waals surface area contributed by atoms with Crippen molar-refractivity contribution in [3.8, 4) is 23.1 Å². The van der Waals surface area contributed by atoms with Crippen molar-refractivity contribution < 1.29 is 73.3 Å². The quantitative estimate of drug-likeness (QED) is 0.0767. The zero-order chi connectivity index (χ0) is 52.4. The molecule has 3 N–H and O–H groups in total. The first kappa shape index (κ1) is 53.2. The van der Waals surface area contributed by atoms with Crippen molar-refractivity contribution in [1.82, 2.24) is 25.5 Å². The molecule has 0 spiro atoms. The summed E-state index contributed by atoms with van der Waals surface area (Å²) in [4.78, 5) is 63.8. The highest BCUT2D eigenvalue weighted by atomic mass is 19.4. The molecule has 0 bridgehead atoms. The number of nitriles is 1. The Morgan fingerprint density at radius 3 is 2.35 bits per heavy atom. The van der Waals surface area contributed by atoms with Crippen molar-refractivity contribution in [2.75, 3.05) is 36.2 Å². The molecule has 3 atom stereocenters. The van der Waals surface area contributed by atoms with Gasteiger partial charge in [0.15, 0.2) is 18.0 Å². The molecule has 71 heavy (non-hydrogen) atoms. The fraction of sp³-hybridized carbons (Fsp3) is 0.426. The number of nitrogens with one attached hydrogen (secondary N) is 2. The molecule has 0 unspecified atom stereocenters. The summed E-state index contributed by atoms with van der Waals surface area (Å²) in [5.41, 5.74) is -9.49. The highest BCUT2D eigenvalue weighted by molar-refractivity contribution is 6.10. The molecule has 16 nitrogen and oxygen atoms in total. The second-order valence-electron chi connectivity index (χ2n) is 18.2. The van der Waals surface area contributed by atoms with Crippen LogP contribution in [0.15, 0.2) is 72.0 Å². The number of halogens is 8. The van der Waals surface area contributed by atoms with E-state index in [4.69, 9.17) is 19.2 Å². The van der Waals surface area contributed by atoms with Crippen LogP contribution in [0.4, 0.5) is 46.5 Å². The Hall–Kier alpha value is -7.13. The Morgan fingerprint density at radius 2 is 1.73 bits per heavy atom. The van der Waals surface area contributed by atoms with Gasteiger partial charge in [0.2, 0.25) is 17.7 Å². The monoisotopic (exact) mass is 1000 g/mol. The fourth-order valence-corrected chi connectivity index (χ4v) is 8.15. The molecule has 2 fully saturated rings. The van der Waals surface area contributed by atoms with Gasteiger partial charge in [0.25, 0.3) is 5.91 Å². The van der Waals surface area contributed by atoms with E-state index in [1.807, 2.05) is 0 Å². The number of hydrogen-bond donors (Lipinski definition) is 3. The van der Waals surface area contributed by atoms with E-state index in [9.17, 15) is 50.6 Å². The van der Waals surface area contributed by atoms with Crippen LogP contribution >= 0.6 is 0 Å². The number of likely N-dealkylation sites (tertiary alicyclic amines) is 1. The average molecular weight is 1000 g/mol. The smallest absolute Gasteiger partial charge is 0.420 e. The molecule has 2 aliphatic rings. The minimum Gasteiger partial charge on any atom is -0.494 e. The first-order valence-electron chi connectivity index (χ1n) is 21.8. The zero-order valence-corrected chi connectivity index (χ0v) is 38.8. The van der Waals surface area contributed by atoms with Crippen LogP contribution in [0.5, 0.6) is 5.75 Å². The van der Waals surface area contributed by atoms with E-state index in [-0.39, 0.29) is 57.0 Å². The molecule has 2 saturated heterocycles. The predicted octanol–water partition coefficient (Wildman–Crippen LogP) is 7.01. The van der Waals surface area contributed by atoms with Crippen LogP contribution in [0.25, 0.3) is 11.3 Å². The summed E-state index contributed by atoms with van der Waals surface area (Å²) < 4.78 is 132. The Labute approximate surface area is 401 Å². The van der Waals surface area contributed by atoms with Gasteiger partial charge in [-0.2, -0.15) is 31.6 Å². The molecule has 2 aromatic carbocycles. The normalized spacial score (nSPS) is 17.6. The maximum absolute atomic E-state index is 15.9. The number of aromatic nitrogens is 2. The van der Waals surface area contributed by atoms with Gasteiger partial charge in [-0.15, -0.1) is 0 Å². The number of oxazole rings is 1. The first-order chi connectivity index (χ1) is 33.2. The van der Waals surface area contributed by atoms with Crippen LogP contribution in [0, 0.1) is 28.4 Å². The number of pyridine rings is 1. The van der Waals surface area contributed by atoms with Gasteiger partial charge >= 0.3 is 12.4 Å². The number of amides is 4. The van der Waals surface area contributed by atoms with Gasteiger partial charge in [-0.1, -0.05) is 27.4 Å². The SMILES string of the molecule is C=C1N(c2ccc(C#N)c(C(F)(F)F)c2F)C(=O)C(C)(C)N1c1cnc(-c2ccc(OCCCCOCC(=O)N[C@H](C(=O)N3C[C@H](O)C[C@H]3C(=O)NCc3cnco3)C(C)(C)C)cc2C(F)(F)F)c(F)c1. The Bertz CT molecular complexity index is 2720. The van der Waals surface area contributed by atoms with Crippen LogP contribution in [0.3, 0.4) is 0 Å². The van der Waals surface area contributed by atoms with E-state index in [1.165, 1.54) is 37.4 Å². The molecule has 6 rings (SSSR count). The summed E-state index contributed by atoms with van der Waals surface area (Å²) in [6.45, 7) is 10.7. The van der Waals surface area contributed by atoms with Crippen LogP contribution in [0.2, 0.25) is 0 Å². The molecule has 2 aliphatic heterocycles. The van der Waals surface area contributed by atoms with Gasteiger partial charge in [-0.25, -0.2) is 13.8 Å². The van der Waals surface area contributed by atoms with Crippen molar-refractivity contribution in [2.24, 2.45) is 5.41 Å². The Morgan fingerprint density at radius 1 is 1.03 bits per heavy atom. The van der Waals surface area contributed by atoms with E-state index < -0.39 is 123 Å². The lowest BCUT2D eigenvalue weighted by atomic mass is 9.85. The highest BCUT2D eigenvalue weighted by Gasteiger charge is 2.51. The van der Waals surface area contributed by atoms with Gasteiger partial charge < -0.3 is 39.4 Å². The third-order valence-corrected chi connectivity index (χ3v) is 11.6. The molecule has 2 aromatic heterocycles. The molecular formula is C47H48F8N8O8. The third kappa shape index (κ3) is 11.6. The van der Waals surface area contributed by atoms with Crippen LogP contribution < -0.4 is 25.2 Å².